The highest BCUT2D eigenvalue weighted by atomic mass is 16.3. The van der Waals surface area contributed by atoms with E-state index < -0.39 is 0 Å². The third kappa shape index (κ3) is 4.08. The fourth-order valence-corrected chi connectivity index (χ4v) is 2.89. The number of carbonyl (C=O) groups is 1. The normalized spacial score (nSPS) is 16.7. The van der Waals surface area contributed by atoms with Crippen molar-refractivity contribution in [3.8, 4) is 5.75 Å². The summed E-state index contributed by atoms with van der Waals surface area (Å²) in [5.74, 6) is 0.189. The Labute approximate surface area is 133 Å². The average Bonchev–Trinajstić information content (AvgIpc) is 2.46. The second kappa shape index (κ2) is 6.80. The smallest absolute Gasteiger partial charge is 0.167 e. The maximum absolute atomic E-state index is 12.5. The third-order valence-corrected chi connectivity index (χ3v) is 4.23. The Morgan fingerprint density at radius 1 is 1.27 bits per heavy atom. The molecular weight excluding hydrogens is 276 g/mol. The number of nitrogens with zero attached hydrogens (tertiary/aromatic N) is 1. The van der Waals surface area contributed by atoms with Crippen LogP contribution in [0.25, 0.3) is 0 Å². The predicted molar refractivity (Wildman–Crippen MR) is 89.8 cm³/mol. The molecule has 1 aliphatic heterocycles. The van der Waals surface area contributed by atoms with Gasteiger partial charge in [0.15, 0.2) is 5.78 Å². The number of aryl methyl sites for hydroxylation is 1. The Hall–Kier alpha value is -1.39. The van der Waals surface area contributed by atoms with Gasteiger partial charge < -0.3 is 15.3 Å². The molecule has 4 nitrogen and oxygen atoms in total. The summed E-state index contributed by atoms with van der Waals surface area (Å²) in [6.45, 7) is 12.8. The molecular formula is C18H28N2O2. The summed E-state index contributed by atoms with van der Waals surface area (Å²) in [6.07, 6.45) is 0.459. The molecule has 0 radical (unpaired) electrons. The second-order valence-corrected chi connectivity index (χ2v) is 7.22. The van der Waals surface area contributed by atoms with Gasteiger partial charge in [-0.05, 0) is 24.0 Å². The van der Waals surface area contributed by atoms with Crippen LogP contribution in [0.4, 0.5) is 0 Å². The van der Waals surface area contributed by atoms with Crippen molar-refractivity contribution in [2.24, 2.45) is 0 Å². The van der Waals surface area contributed by atoms with Crippen LogP contribution in [0.2, 0.25) is 0 Å². The van der Waals surface area contributed by atoms with Gasteiger partial charge in [0.1, 0.15) is 5.75 Å². The fourth-order valence-electron chi connectivity index (χ4n) is 2.89. The van der Waals surface area contributed by atoms with Crippen LogP contribution in [0.3, 0.4) is 0 Å². The van der Waals surface area contributed by atoms with Gasteiger partial charge in [-0.2, -0.15) is 0 Å². The molecule has 1 aliphatic rings. The number of phenolic OH excluding ortho intramolecular Hbond substituents is 1. The van der Waals surface area contributed by atoms with Crippen molar-refractivity contribution >= 4 is 5.78 Å². The summed E-state index contributed by atoms with van der Waals surface area (Å²) in [6, 6.07) is 3.78. The van der Waals surface area contributed by atoms with E-state index in [-0.39, 0.29) is 16.9 Å². The number of rotatable bonds is 4. The monoisotopic (exact) mass is 304 g/mol. The van der Waals surface area contributed by atoms with Crippen molar-refractivity contribution in [2.45, 2.75) is 39.5 Å². The first kappa shape index (κ1) is 17.0. The van der Waals surface area contributed by atoms with Crippen LogP contribution in [-0.2, 0) is 5.41 Å². The Kier molecular flexibility index (Phi) is 5.24. The summed E-state index contributed by atoms with van der Waals surface area (Å²) in [5.41, 5.74) is 2.16. The van der Waals surface area contributed by atoms with Crippen LogP contribution in [0.5, 0.6) is 5.75 Å². The molecule has 4 heteroatoms. The number of benzene rings is 1. The maximum Gasteiger partial charge on any atom is 0.167 e. The number of phenols is 1. The summed E-state index contributed by atoms with van der Waals surface area (Å²) >= 11 is 0. The topological polar surface area (TPSA) is 52.6 Å². The highest BCUT2D eigenvalue weighted by Gasteiger charge is 2.23. The Bertz CT molecular complexity index is 541. The zero-order valence-electron chi connectivity index (χ0n) is 14.2. The van der Waals surface area contributed by atoms with Crippen molar-refractivity contribution in [1.82, 2.24) is 10.2 Å². The molecule has 0 amide bonds. The molecule has 0 unspecified atom stereocenters. The first-order valence-corrected chi connectivity index (χ1v) is 8.09. The van der Waals surface area contributed by atoms with E-state index in [0.29, 0.717) is 12.0 Å². The van der Waals surface area contributed by atoms with Gasteiger partial charge in [-0.1, -0.05) is 26.8 Å². The number of ketones is 1. The molecule has 0 spiro atoms. The number of hydrogen-bond acceptors (Lipinski definition) is 4. The van der Waals surface area contributed by atoms with E-state index in [9.17, 15) is 9.90 Å². The lowest BCUT2D eigenvalue weighted by atomic mass is 9.83. The van der Waals surface area contributed by atoms with Crippen LogP contribution in [0.15, 0.2) is 12.1 Å². The fraction of sp³-hybridized carbons (Fsp3) is 0.611. The van der Waals surface area contributed by atoms with Crippen LogP contribution in [0, 0.1) is 6.92 Å². The van der Waals surface area contributed by atoms with E-state index in [1.54, 1.807) is 0 Å². The van der Waals surface area contributed by atoms with E-state index in [1.165, 1.54) is 0 Å². The molecule has 1 heterocycles. The first-order valence-electron chi connectivity index (χ1n) is 8.09. The average molecular weight is 304 g/mol. The molecule has 122 valence electrons. The van der Waals surface area contributed by atoms with E-state index in [2.05, 4.69) is 31.0 Å². The largest absolute Gasteiger partial charge is 0.507 e. The lowest BCUT2D eigenvalue weighted by Gasteiger charge is -2.27. The minimum absolute atomic E-state index is 0.0326. The molecule has 2 rings (SSSR count). The van der Waals surface area contributed by atoms with Gasteiger partial charge in [0.2, 0.25) is 0 Å². The maximum atomic E-state index is 12.5. The highest BCUT2D eigenvalue weighted by Crippen LogP contribution is 2.34. The molecule has 1 aromatic rings. The summed E-state index contributed by atoms with van der Waals surface area (Å²) in [5, 5.41) is 13.8. The summed E-state index contributed by atoms with van der Waals surface area (Å²) in [7, 11) is 0. The predicted octanol–water partition coefficient (Wildman–Crippen LogP) is 2.48. The van der Waals surface area contributed by atoms with Gasteiger partial charge >= 0.3 is 0 Å². The van der Waals surface area contributed by atoms with Crippen LogP contribution in [-0.4, -0.2) is 48.5 Å². The number of hydrogen-bond donors (Lipinski definition) is 2. The van der Waals surface area contributed by atoms with Gasteiger partial charge in [0.25, 0.3) is 0 Å². The lowest BCUT2D eigenvalue weighted by Crippen LogP contribution is -2.44. The Balaban J connectivity index is 2.13. The van der Waals surface area contributed by atoms with Crippen LogP contribution in [0.1, 0.15) is 48.7 Å². The molecule has 2 N–H and O–H groups in total. The Morgan fingerprint density at radius 3 is 2.50 bits per heavy atom. The molecule has 22 heavy (non-hydrogen) atoms. The third-order valence-electron chi connectivity index (χ3n) is 4.23. The Morgan fingerprint density at radius 2 is 1.91 bits per heavy atom. The molecule has 0 saturated carbocycles. The molecule has 0 aliphatic carbocycles. The van der Waals surface area contributed by atoms with Gasteiger partial charge in [0, 0.05) is 44.7 Å². The minimum atomic E-state index is -0.177. The number of Topliss-reactive ketones (excluding diaryl/α,β-unsaturated/α-hetero) is 1. The van der Waals surface area contributed by atoms with Crippen molar-refractivity contribution < 1.29 is 9.90 Å². The number of nitrogens with one attached hydrogen (secondary N) is 1. The van der Waals surface area contributed by atoms with Crippen LogP contribution >= 0.6 is 0 Å². The van der Waals surface area contributed by atoms with Crippen LogP contribution < -0.4 is 5.32 Å². The lowest BCUT2D eigenvalue weighted by molar-refractivity contribution is 0.0957. The van der Waals surface area contributed by atoms with E-state index in [1.807, 2.05) is 19.1 Å². The molecule has 0 atom stereocenters. The van der Waals surface area contributed by atoms with E-state index >= 15 is 0 Å². The standard InChI is InChI=1S/C18H28N2O2/c1-13-11-14(17(22)15(12-13)18(2,3)4)16(21)5-8-20-9-6-19-7-10-20/h11-12,19,22H,5-10H2,1-4H3. The van der Waals surface area contributed by atoms with Gasteiger partial charge in [-0.3, -0.25) is 4.79 Å². The van der Waals surface area contributed by atoms with Crippen molar-refractivity contribution in [3.05, 3.63) is 28.8 Å². The molecule has 1 fully saturated rings. The molecule has 1 aromatic carbocycles. The second-order valence-electron chi connectivity index (χ2n) is 7.22. The SMILES string of the molecule is Cc1cc(C(=O)CCN2CCNCC2)c(O)c(C(C)(C)C)c1. The zero-order chi connectivity index (χ0) is 16.3. The van der Waals surface area contributed by atoms with Crippen molar-refractivity contribution in [3.63, 3.8) is 0 Å². The number of aromatic hydroxyl groups is 1. The molecule has 0 bridgehead atoms. The van der Waals surface area contributed by atoms with Crippen molar-refractivity contribution in [1.29, 1.82) is 0 Å². The van der Waals surface area contributed by atoms with Gasteiger partial charge in [-0.25, -0.2) is 0 Å². The molecule has 1 saturated heterocycles. The summed E-state index contributed by atoms with van der Waals surface area (Å²) < 4.78 is 0. The quantitative estimate of drug-likeness (QED) is 0.839. The van der Waals surface area contributed by atoms with Gasteiger partial charge in [0.05, 0.1) is 5.56 Å². The van der Waals surface area contributed by atoms with Gasteiger partial charge in [-0.15, -0.1) is 0 Å². The number of carbonyl (C=O) groups excluding carboxylic acids is 1. The summed E-state index contributed by atoms with van der Waals surface area (Å²) in [4.78, 5) is 14.8. The molecule has 0 aromatic heterocycles. The zero-order valence-corrected chi connectivity index (χ0v) is 14.2. The first-order chi connectivity index (χ1) is 10.3. The van der Waals surface area contributed by atoms with E-state index in [4.69, 9.17) is 0 Å². The van der Waals surface area contributed by atoms with E-state index in [0.717, 1.165) is 43.9 Å². The van der Waals surface area contributed by atoms with Crippen molar-refractivity contribution in [2.75, 3.05) is 32.7 Å². The minimum Gasteiger partial charge on any atom is -0.507 e. The number of piperazine rings is 1. The highest BCUT2D eigenvalue weighted by molar-refractivity contribution is 5.99.